The lowest BCUT2D eigenvalue weighted by Crippen LogP contribution is -3.14. The standard InChI is InChI=1S/C19H21FN2O/c20-16-9-11-17(12-10-16)21-19(23)18(15-7-3-1-4-8-15)22-13-5-2-6-14-22/h1,3-4,7-12,18H,2,5-6,13-14H2,(H,21,23)/p+1/t18-/m1/s1. The number of likely N-dealkylation sites (tertiary alicyclic amines) is 1. The molecule has 0 aromatic heterocycles. The number of carbonyl (C=O) groups is 1. The molecule has 2 aromatic carbocycles. The number of amides is 1. The number of nitrogens with one attached hydrogen (secondary N) is 2. The van der Waals surface area contributed by atoms with Gasteiger partial charge < -0.3 is 10.2 Å². The van der Waals surface area contributed by atoms with Gasteiger partial charge in [-0.1, -0.05) is 30.3 Å². The van der Waals surface area contributed by atoms with Crippen molar-refractivity contribution in [1.29, 1.82) is 0 Å². The Morgan fingerprint density at radius 2 is 1.61 bits per heavy atom. The largest absolute Gasteiger partial charge is 0.321 e. The van der Waals surface area contributed by atoms with Gasteiger partial charge in [-0.05, 0) is 43.5 Å². The molecule has 0 spiro atoms. The zero-order valence-corrected chi connectivity index (χ0v) is 13.1. The molecule has 23 heavy (non-hydrogen) atoms. The molecule has 2 N–H and O–H groups in total. The summed E-state index contributed by atoms with van der Waals surface area (Å²) in [5, 5.41) is 2.94. The monoisotopic (exact) mass is 313 g/mol. The summed E-state index contributed by atoms with van der Waals surface area (Å²) in [5.74, 6) is -0.330. The Morgan fingerprint density at radius 1 is 0.957 bits per heavy atom. The van der Waals surface area contributed by atoms with Crippen molar-refractivity contribution >= 4 is 11.6 Å². The first-order chi connectivity index (χ1) is 11.2. The van der Waals surface area contributed by atoms with Crippen LogP contribution < -0.4 is 10.2 Å². The predicted octanol–water partition coefficient (Wildman–Crippen LogP) is 2.57. The number of quaternary nitrogens is 1. The van der Waals surface area contributed by atoms with Crippen LogP contribution in [-0.2, 0) is 4.79 Å². The van der Waals surface area contributed by atoms with Gasteiger partial charge in [0, 0.05) is 11.3 Å². The first-order valence-corrected chi connectivity index (χ1v) is 8.20. The second-order valence-corrected chi connectivity index (χ2v) is 6.06. The quantitative estimate of drug-likeness (QED) is 0.894. The first kappa shape index (κ1) is 15.7. The van der Waals surface area contributed by atoms with Gasteiger partial charge in [-0.25, -0.2) is 4.39 Å². The molecule has 3 rings (SSSR count). The number of carbonyl (C=O) groups excluding carboxylic acids is 1. The van der Waals surface area contributed by atoms with Crippen molar-refractivity contribution in [3.05, 3.63) is 66.0 Å². The van der Waals surface area contributed by atoms with Crippen molar-refractivity contribution in [3.63, 3.8) is 0 Å². The van der Waals surface area contributed by atoms with E-state index in [9.17, 15) is 9.18 Å². The van der Waals surface area contributed by atoms with Gasteiger partial charge in [0.1, 0.15) is 5.82 Å². The summed E-state index contributed by atoms with van der Waals surface area (Å²) < 4.78 is 13.0. The fraction of sp³-hybridized carbons (Fsp3) is 0.316. The third-order valence-corrected chi connectivity index (χ3v) is 4.41. The molecule has 0 aliphatic carbocycles. The molecule has 1 amide bonds. The van der Waals surface area contributed by atoms with E-state index in [1.54, 1.807) is 12.1 Å². The Bertz CT molecular complexity index is 636. The van der Waals surface area contributed by atoms with E-state index < -0.39 is 0 Å². The van der Waals surface area contributed by atoms with Gasteiger partial charge in [-0.2, -0.15) is 0 Å². The molecule has 0 unspecified atom stereocenters. The molecule has 1 fully saturated rings. The van der Waals surface area contributed by atoms with Crippen molar-refractivity contribution in [3.8, 4) is 0 Å². The molecule has 4 heteroatoms. The lowest BCUT2D eigenvalue weighted by Gasteiger charge is -2.30. The first-order valence-electron chi connectivity index (χ1n) is 8.20. The number of hydrogen-bond acceptors (Lipinski definition) is 1. The van der Waals surface area contributed by atoms with Crippen molar-refractivity contribution in [2.24, 2.45) is 0 Å². The van der Waals surface area contributed by atoms with Crippen LogP contribution in [0.5, 0.6) is 0 Å². The zero-order valence-electron chi connectivity index (χ0n) is 13.1. The van der Waals surface area contributed by atoms with E-state index in [1.807, 2.05) is 30.3 Å². The average Bonchev–Trinajstić information content (AvgIpc) is 2.59. The van der Waals surface area contributed by atoms with E-state index in [1.165, 1.54) is 23.5 Å². The van der Waals surface area contributed by atoms with Crippen LogP contribution in [0, 0.1) is 5.82 Å². The molecule has 0 radical (unpaired) electrons. The Kier molecular flexibility index (Phi) is 5.03. The van der Waals surface area contributed by atoms with Gasteiger partial charge in [-0.15, -0.1) is 0 Å². The SMILES string of the molecule is O=C(Nc1ccc(F)cc1)[C@@H](c1ccccc1)[NH+]1CCCCC1. The molecule has 0 bridgehead atoms. The topological polar surface area (TPSA) is 33.5 Å². The minimum Gasteiger partial charge on any atom is -0.321 e. The number of halogens is 1. The lowest BCUT2D eigenvalue weighted by molar-refractivity contribution is -0.926. The molecular weight excluding hydrogens is 291 g/mol. The predicted molar refractivity (Wildman–Crippen MR) is 88.8 cm³/mol. The summed E-state index contributed by atoms with van der Waals surface area (Å²) in [7, 11) is 0. The normalized spacial score (nSPS) is 16.7. The van der Waals surface area contributed by atoms with E-state index in [0.29, 0.717) is 5.69 Å². The van der Waals surface area contributed by atoms with Crippen LogP contribution in [0.2, 0.25) is 0 Å². The van der Waals surface area contributed by atoms with Crippen LogP contribution in [0.25, 0.3) is 0 Å². The van der Waals surface area contributed by atoms with Gasteiger partial charge in [0.2, 0.25) is 0 Å². The molecule has 1 heterocycles. The highest BCUT2D eigenvalue weighted by atomic mass is 19.1. The summed E-state index contributed by atoms with van der Waals surface area (Å²) in [6.45, 7) is 2.02. The highest BCUT2D eigenvalue weighted by molar-refractivity contribution is 5.94. The van der Waals surface area contributed by atoms with Gasteiger partial charge in [-0.3, -0.25) is 4.79 Å². The maximum atomic E-state index is 13.0. The minimum absolute atomic E-state index is 0.0280. The van der Waals surface area contributed by atoms with Gasteiger partial charge in [0.15, 0.2) is 6.04 Å². The summed E-state index contributed by atoms with van der Waals surface area (Å²) in [6, 6.07) is 15.6. The lowest BCUT2D eigenvalue weighted by atomic mass is 10.0. The second-order valence-electron chi connectivity index (χ2n) is 6.06. The van der Waals surface area contributed by atoms with Crippen LogP contribution >= 0.6 is 0 Å². The van der Waals surface area contributed by atoms with E-state index in [-0.39, 0.29) is 17.8 Å². The van der Waals surface area contributed by atoms with E-state index in [0.717, 1.165) is 31.5 Å². The van der Waals surface area contributed by atoms with E-state index >= 15 is 0 Å². The third-order valence-electron chi connectivity index (χ3n) is 4.41. The highest BCUT2D eigenvalue weighted by Crippen LogP contribution is 2.15. The molecule has 1 aliphatic rings. The molecule has 3 nitrogen and oxygen atoms in total. The van der Waals surface area contributed by atoms with Gasteiger partial charge >= 0.3 is 0 Å². The Hall–Kier alpha value is -2.20. The van der Waals surface area contributed by atoms with Gasteiger partial charge in [0.25, 0.3) is 5.91 Å². The Morgan fingerprint density at radius 3 is 2.26 bits per heavy atom. The smallest absolute Gasteiger partial charge is 0.287 e. The summed E-state index contributed by atoms with van der Waals surface area (Å²) in [6.07, 6.45) is 3.55. The van der Waals surface area contributed by atoms with Gasteiger partial charge in [0.05, 0.1) is 13.1 Å². The van der Waals surface area contributed by atoms with Crippen LogP contribution in [0.4, 0.5) is 10.1 Å². The van der Waals surface area contributed by atoms with Crippen LogP contribution in [0.15, 0.2) is 54.6 Å². The molecular formula is C19H22FN2O+. The van der Waals surface area contributed by atoms with Crippen LogP contribution in [0.1, 0.15) is 30.9 Å². The Labute approximate surface area is 136 Å². The van der Waals surface area contributed by atoms with Crippen molar-refractivity contribution < 1.29 is 14.1 Å². The minimum atomic E-state index is -0.302. The zero-order chi connectivity index (χ0) is 16.1. The number of hydrogen-bond donors (Lipinski definition) is 2. The summed E-state index contributed by atoms with van der Waals surface area (Å²) in [5.41, 5.74) is 1.66. The third kappa shape index (κ3) is 3.96. The molecule has 1 aliphatic heterocycles. The number of benzene rings is 2. The fourth-order valence-electron chi connectivity index (χ4n) is 3.26. The molecule has 120 valence electrons. The van der Waals surface area contributed by atoms with E-state index in [4.69, 9.17) is 0 Å². The molecule has 2 aromatic rings. The maximum Gasteiger partial charge on any atom is 0.287 e. The molecule has 1 atom stereocenters. The second kappa shape index (κ2) is 7.38. The van der Waals surface area contributed by atoms with Crippen LogP contribution in [0.3, 0.4) is 0 Å². The van der Waals surface area contributed by atoms with Crippen molar-refractivity contribution in [1.82, 2.24) is 0 Å². The number of rotatable bonds is 4. The summed E-state index contributed by atoms with van der Waals surface area (Å²) >= 11 is 0. The summed E-state index contributed by atoms with van der Waals surface area (Å²) in [4.78, 5) is 14.2. The molecule has 0 saturated carbocycles. The van der Waals surface area contributed by atoms with E-state index in [2.05, 4.69) is 5.32 Å². The van der Waals surface area contributed by atoms with Crippen molar-refractivity contribution in [2.75, 3.05) is 18.4 Å². The Balaban J connectivity index is 1.82. The van der Waals surface area contributed by atoms with Crippen LogP contribution in [-0.4, -0.2) is 19.0 Å². The fourth-order valence-corrected chi connectivity index (χ4v) is 3.26. The highest BCUT2D eigenvalue weighted by Gasteiger charge is 2.32. The van der Waals surface area contributed by atoms with Crippen molar-refractivity contribution in [2.45, 2.75) is 25.3 Å². The maximum absolute atomic E-state index is 13.0. The number of anilines is 1. The molecule has 1 saturated heterocycles. The average molecular weight is 313 g/mol. The number of piperidine rings is 1.